The first kappa shape index (κ1) is 13.7. The molecular formula is C12H13NO5. The van der Waals surface area contributed by atoms with E-state index >= 15 is 0 Å². The molecule has 0 heterocycles. The van der Waals surface area contributed by atoms with Crippen molar-refractivity contribution in [2.75, 3.05) is 13.7 Å². The van der Waals surface area contributed by atoms with Crippen molar-refractivity contribution < 1.29 is 19.2 Å². The second kappa shape index (κ2) is 6.39. The van der Waals surface area contributed by atoms with Gasteiger partial charge >= 0.3 is 11.7 Å². The van der Waals surface area contributed by atoms with Crippen LogP contribution in [-0.4, -0.2) is 24.6 Å². The highest BCUT2D eigenvalue weighted by atomic mass is 16.6. The summed E-state index contributed by atoms with van der Waals surface area (Å²) >= 11 is 0. The van der Waals surface area contributed by atoms with E-state index in [1.54, 1.807) is 31.2 Å². The van der Waals surface area contributed by atoms with Crippen molar-refractivity contribution >= 4 is 12.0 Å². The van der Waals surface area contributed by atoms with Gasteiger partial charge in [-0.25, -0.2) is 4.79 Å². The fourth-order valence-electron chi connectivity index (χ4n) is 1.28. The van der Waals surface area contributed by atoms with Crippen LogP contribution in [0.4, 0.5) is 0 Å². The molecule has 0 aliphatic rings. The minimum absolute atomic E-state index is 0.0854. The highest BCUT2D eigenvalue weighted by Crippen LogP contribution is 2.16. The van der Waals surface area contributed by atoms with Gasteiger partial charge < -0.3 is 9.47 Å². The lowest BCUT2D eigenvalue weighted by Gasteiger charge is -2.01. The Morgan fingerprint density at radius 1 is 1.50 bits per heavy atom. The number of methoxy groups -OCH3 is 1. The van der Waals surface area contributed by atoms with Gasteiger partial charge in [0, 0.05) is 6.08 Å². The maximum Gasteiger partial charge on any atom is 0.409 e. The first-order chi connectivity index (χ1) is 8.58. The molecule has 0 amide bonds. The quantitative estimate of drug-likeness (QED) is 0.345. The predicted molar refractivity (Wildman–Crippen MR) is 64.6 cm³/mol. The van der Waals surface area contributed by atoms with E-state index in [1.807, 2.05) is 0 Å². The molecule has 6 nitrogen and oxygen atoms in total. The van der Waals surface area contributed by atoms with E-state index in [9.17, 15) is 14.9 Å². The molecule has 0 fully saturated rings. The third-order valence-corrected chi connectivity index (χ3v) is 2.08. The van der Waals surface area contributed by atoms with Gasteiger partial charge in [0.1, 0.15) is 5.75 Å². The molecule has 6 heteroatoms. The van der Waals surface area contributed by atoms with Gasteiger partial charge in [0.25, 0.3) is 0 Å². The lowest BCUT2D eigenvalue weighted by atomic mass is 10.2. The number of carbonyl (C=O) groups is 1. The van der Waals surface area contributed by atoms with Crippen LogP contribution < -0.4 is 4.74 Å². The molecule has 1 aromatic carbocycles. The van der Waals surface area contributed by atoms with Crippen LogP contribution in [0, 0.1) is 10.1 Å². The first-order valence-electron chi connectivity index (χ1n) is 5.25. The Morgan fingerprint density at radius 3 is 2.78 bits per heavy atom. The van der Waals surface area contributed by atoms with Crippen molar-refractivity contribution in [3.63, 3.8) is 0 Å². The fraction of sp³-hybridized carbons (Fsp3) is 0.250. The van der Waals surface area contributed by atoms with Crippen LogP contribution in [0.3, 0.4) is 0 Å². The van der Waals surface area contributed by atoms with Crippen molar-refractivity contribution in [1.82, 2.24) is 0 Å². The first-order valence-corrected chi connectivity index (χ1v) is 5.25. The van der Waals surface area contributed by atoms with Crippen LogP contribution in [0.2, 0.25) is 0 Å². The van der Waals surface area contributed by atoms with Crippen LogP contribution in [0.5, 0.6) is 5.75 Å². The molecule has 0 aliphatic heterocycles. The molecule has 0 spiro atoms. The molecule has 96 valence electrons. The summed E-state index contributed by atoms with van der Waals surface area (Å²) in [5.74, 6) is -0.402. The molecule has 0 saturated heterocycles. The van der Waals surface area contributed by atoms with Crippen LogP contribution in [0.1, 0.15) is 12.5 Å². The summed E-state index contributed by atoms with van der Waals surface area (Å²) in [6.07, 6.45) is 1.15. The van der Waals surface area contributed by atoms with Gasteiger partial charge in [-0.15, -0.1) is 0 Å². The molecule has 0 atom stereocenters. The maximum atomic E-state index is 11.4. The maximum absolute atomic E-state index is 11.4. The second-order valence-electron chi connectivity index (χ2n) is 3.28. The number of rotatable bonds is 5. The Hall–Kier alpha value is -2.37. The minimum Gasteiger partial charge on any atom is -0.497 e. The summed E-state index contributed by atoms with van der Waals surface area (Å²) in [5.41, 5.74) is -0.112. The molecule has 1 aromatic rings. The summed E-state index contributed by atoms with van der Waals surface area (Å²) in [6, 6.07) is 6.59. The molecule has 18 heavy (non-hydrogen) atoms. The van der Waals surface area contributed by atoms with Gasteiger partial charge in [-0.1, -0.05) is 12.1 Å². The molecule has 0 saturated carbocycles. The zero-order valence-corrected chi connectivity index (χ0v) is 10.1. The number of hydrogen-bond donors (Lipinski definition) is 0. The van der Waals surface area contributed by atoms with E-state index in [0.717, 1.165) is 6.08 Å². The second-order valence-corrected chi connectivity index (χ2v) is 3.28. The molecule has 0 aromatic heterocycles. The average Bonchev–Trinajstić information content (AvgIpc) is 2.36. The van der Waals surface area contributed by atoms with Crippen LogP contribution >= 0.6 is 0 Å². The predicted octanol–water partition coefficient (Wildman–Crippen LogP) is 1.88. The zero-order valence-electron chi connectivity index (χ0n) is 10.1. The van der Waals surface area contributed by atoms with Gasteiger partial charge in [-0.2, -0.15) is 0 Å². The van der Waals surface area contributed by atoms with Gasteiger partial charge in [-0.05, 0) is 24.6 Å². The molecular weight excluding hydrogens is 238 g/mol. The Labute approximate surface area is 104 Å². The highest BCUT2D eigenvalue weighted by Gasteiger charge is 2.23. The number of nitrogens with zero attached hydrogens (tertiary/aromatic N) is 1. The Balaban J connectivity index is 3.07. The molecule has 1 rings (SSSR count). The van der Waals surface area contributed by atoms with E-state index in [1.165, 1.54) is 7.11 Å². The standard InChI is InChI=1S/C12H13NO5/c1-3-18-12(14)11(13(15)16)8-9-5-4-6-10(7-9)17-2/h4-8H,3H2,1-2H3/b11-8-. The summed E-state index contributed by atoms with van der Waals surface area (Å²) in [4.78, 5) is 21.4. The Kier molecular flexibility index (Phi) is 4.86. The summed E-state index contributed by atoms with van der Waals surface area (Å²) < 4.78 is 9.60. The number of ether oxygens (including phenoxy) is 2. The normalized spacial score (nSPS) is 10.9. The Morgan fingerprint density at radius 2 is 2.22 bits per heavy atom. The molecule has 0 radical (unpaired) electrons. The molecule has 0 unspecified atom stereocenters. The fourth-order valence-corrected chi connectivity index (χ4v) is 1.28. The third-order valence-electron chi connectivity index (χ3n) is 2.08. The molecule has 0 N–H and O–H groups in total. The smallest absolute Gasteiger partial charge is 0.409 e. The number of nitro groups is 1. The number of esters is 1. The van der Waals surface area contributed by atoms with E-state index in [-0.39, 0.29) is 6.61 Å². The van der Waals surface area contributed by atoms with Crippen LogP contribution in [0.25, 0.3) is 6.08 Å². The SMILES string of the molecule is CCOC(=O)/C(=C/c1cccc(OC)c1)[N+](=O)[O-]. The summed E-state index contributed by atoms with van der Waals surface area (Å²) in [6.45, 7) is 1.67. The van der Waals surface area contributed by atoms with Gasteiger partial charge in [-0.3, -0.25) is 10.1 Å². The van der Waals surface area contributed by atoms with Gasteiger partial charge in [0.2, 0.25) is 0 Å². The average molecular weight is 251 g/mol. The number of benzene rings is 1. The van der Waals surface area contributed by atoms with E-state index < -0.39 is 16.6 Å². The van der Waals surface area contributed by atoms with E-state index in [2.05, 4.69) is 4.74 Å². The minimum atomic E-state index is -0.953. The number of hydrogen-bond acceptors (Lipinski definition) is 5. The largest absolute Gasteiger partial charge is 0.497 e. The van der Waals surface area contributed by atoms with Crippen LogP contribution in [0.15, 0.2) is 30.0 Å². The van der Waals surface area contributed by atoms with Gasteiger partial charge in [0.15, 0.2) is 0 Å². The lowest BCUT2D eigenvalue weighted by molar-refractivity contribution is -0.419. The monoisotopic (exact) mass is 251 g/mol. The Bertz CT molecular complexity index is 481. The summed E-state index contributed by atoms with van der Waals surface area (Å²) in [5, 5.41) is 10.8. The van der Waals surface area contributed by atoms with Crippen molar-refractivity contribution in [2.45, 2.75) is 6.92 Å². The molecule has 0 bridgehead atoms. The highest BCUT2D eigenvalue weighted by molar-refractivity contribution is 5.91. The van der Waals surface area contributed by atoms with Crippen molar-refractivity contribution in [2.24, 2.45) is 0 Å². The topological polar surface area (TPSA) is 78.7 Å². The van der Waals surface area contributed by atoms with Crippen molar-refractivity contribution in [1.29, 1.82) is 0 Å². The summed E-state index contributed by atoms with van der Waals surface area (Å²) in [7, 11) is 1.49. The van der Waals surface area contributed by atoms with E-state index in [0.29, 0.717) is 11.3 Å². The van der Waals surface area contributed by atoms with E-state index in [4.69, 9.17) is 4.74 Å². The molecule has 0 aliphatic carbocycles. The van der Waals surface area contributed by atoms with Crippen LogP contribution in [-0.2, 0) is 9.53 Å². The third kappa shape index (κ3) is 3.58. The van der Waals surface area contributed by atoms with Gasteiger partial charge in [0.05, 0.1) is 18.6 Å². The number of carbonyl (C=O) groups excluding carboxylic acids is 1. The van der Waals surface area contributed by atoms with Crippen molar-refractivity contribution in [3.05, 3.63) is 45.6 Å². The van der Waals surface area contributed by atoms with Crippen molar-refractivity contribution in [3.8, 4) is 5.75 Å². The lowest BCUT2D eigenvalue weighted by Crippen LogP contribution is -2.14. The zero-order chi connectivity index (χ0) is 13.5.